The zero-order chi connectivity index (χ0) is 15.3. The van der Waals surface area contributed by atoms with Crippen LogP contribution in [0.1, 0.15) is 36.1 Å². The standard InChI is InChI=1S/C15H23NO4/c1-9-7-12(20-4)8-10(2)14(9)15(19)11(3)16-6-5-13(17)18/h7-8,11,15-16,19H,5-6H2,1-4H3,(H,17,18). The number of benzene rings is 1. The smallest absolute Gasteiger partial charge is 0.304 e. The normalized spacial score (nSPS) is 13.8. The molecule has 0 amide bonds. The largest absolute Gasteiger partial charge is 0.497 e. The SMILES string of the molecule is COc1cc(C)c(C(O)C(C)NCCC(=O)O)c(C)c1. The van der Waals surface area contributed by atoms with Gasteiger partial charge >= 0.3 is 5.97 Å². The number of aliphatic carboxylic acids is 1. The van der Waals surface area contributed by atoms with E-state index in [9.17, 15) is 9.90 Å². The van der Waals surface area contributed by atoms with E-state index in [2.05, 4.69) is 5.32 Å². The highest BCUT2D eigenvalue weighted by molar-refractivity contribution is 5.66. The van der Waals surface area contributed by atoms with E-state index in [1.54, 1.807) is 7.11 Å². The molecule has 2 unspecified atom stereocenters. The molecule has 0 heterocycles. The molecule has 3 N–H and O–H groups in total. The van der Waals surface area contributed by atoms with Crippen molar-refractivity contribution in [2.24, 2.45) is 0 Å². The molecule has 0 spiro atoms. The molecule has 0 aliphatic carbocycles. The van der Waals surface area contributed by atoms with Crippen LogP contribution in [-0.2, 0) is 4.79 Å². The summed E-state index contributed by atoms with van der Waals surface area (Å²) in [7, 11) is 1.61. The lowest BCUT2D eigenvalue weighted by Gasteiger charge is -2.24. The maximum atomic E-state index is 10.5. The number of hydrogen-bond donors (Lipinski definition) is 3. The molecule has 0 radical (unpaired) electrons. The summed E-state index contributed by atoms with van der Waals surface area (Å²) < 4.78 is 5.20. The number of nitrogens with one attached hydrogen (secondary N) is 1. The van der Waals surface area contributed by atoms with E-state index in [4.69, 9.17) is 9.84 Å². The van der Waals surface area contributed by atoms with Gasteiger partial charge in [0.25, 0.3) is 0 Å². The molecule has 0 saturated heterocycles. The molecular weight excluding hydrogens is 258 g/mol. The molecule has 0 aromatic heterocycles. The van der Waals surface area contributed by atoms with E-state index >= 15 is 0 Å². The monoisotopic (exact) mass is 281 g/mol. The Kier molecular flexibility index (Phi) is 5.98. The van der Waals surface area contributed by atoms with Crippen LogP contribution in [0.3, 0.4) is 0 Å². The lowest BCUT2D eigenvalue weighted by Crippen LogP contribution is -2.34. The van der Waals surface area contributed by atoms with Gasteiger partial charge in [-0.3, -0.25) is 4.79 Å². The van der Waals surface area contributed by atoms with Gasteiger partial charge in [0, 0.05) is 12.6 Å². The van der Waals surface area contributed by atoms with Crippen molar-refractivity contribution < 1.29 is 19.7 Å². The molecule has 1 aromatic carbocycles. The minimum atomic E-state index is -0.851. The molecule has 0 bridgehead atoms. The summed E-state index contributed by atoms with van der Waals surface area (Å²) in [4.78, 5) is 10.5. The number of rotatable bonds is 7. The van der Waals surface area contributed by atoms with E-state index in [0.29, 0.717) is 6.54 Å². The highest BCUT2D eigenvalue weighted by Gasteiger charge is 2.20. The third kappa shape index (κ3) is 4.21. The lowest BCUT2D eigenvalue weighted by atomic mass is 9.94. The predicted octanol–water partition coefficient (Wildman–Crippen LogP) is 1.80. The van der Waals surface area contributed by atoms with Crippen molar-refractivity contribution in [1.29, 1.82) is 0 Å². The molecule has 0 saturated carbocycles. The number of aliphatic hydroxyl groups is 1. The number of hydrogen-bond acceptors (Lipinski definition) is 4. The maximum absolute atomic E-state index is 10.5. The second-order valence-corrected chi connectivity index (χ2v) is 5.01. The first kappa shape index (κ1) is 16.5. The van der Waals surface area contributed by atoms with Gasteiger partial charge in [-0.1, -0.05) is 0 Å². The Morgan fingerprint density at radius 3 is 2.35 bits per heavy atom. The first-order valence-corrected chi connectivity index (χ1v) is 6.65. The fraction of sp³-hybridized carbons (Fsp3) is 0.533. The number of ether oxygens (including phenoxy) is 1. The Labute approximate surface area is 119 Å². The Hall–Kier alpha value is -1.59. The van der Waals surface area contributed by atoms with Crippen LogP contribution in [0.15, 0.2) is 12.1 Å². The van der Waals surface area contributed by atoms with E-state index in [1.807, 2.05) is 32.9 Å². The third-order valence-electron chi connectivity index (χ3n) is 3.38. The topological polar surface area (TPSA) is 78.8 Å². The minimum absolute atomic E-state index is 0.0393. The van der Waals surface area contributed by atoms with Crippen LogP contribution in [0.4, 0.5) is 0 Å². The van der Waals surface area contributed by atoms with Crippen molar-refractivity contribution >= 4 is 5.97 Å². The number of aliphatic hydroxyl groups excluding tert-OH is 1. The molecule has 5 heteroatoms. The second-order valence-electron chi connectivity index (χ2n) is 5.01. The Morgan fingerprint density at radius 2 is 1.90 bits per heavy atom. The van der Waals surface area contributed by atoms with Gasteiger partial charge in [-0.15, -0.1) is 0 Å². The number of methoxy groups -OCH3 is 1. The molecule has 1 aromatic rings. The van der Waals surface area contributed by atoms with Crippen molar-refractivity contribution in [3.8, 4) is 5.75 Å². The van der Waals surface area contributed by atoms with Crippen molar-refractivity contribution in [2.75, 3.05) is 13.7 Å². The summed E-state index contributed by atoms with van der Waals surface area (Å²) in [5.74, 6) is -0.0848. The summed E-state index contributed by atoms with van der Waals surface area (Å²) in [5, 5.41) is 22.1. The van der Waals surface area contributed by atoms with Crippen LogP contribution in [0.25, 0.3) is 0 Å². The number of carbonyl (C=O) groups is 1. The van der Waals surface area contributed by atoms with E-state index in [0.717, 1.165) is 22.4 Å². The maximum Gasteiger partial charge on any atom is 0.304 e. The van der Waals surface area contributed by atoms with Crippen molar-refractivity contribution in [3.05, 3.63) is 28.8 Å². The molecule has 2 atom stereocenters. The summed E-state index contributed by atoms with van der Waals surface area (Å²) in [6.45, 7) is 6.04. The van der Waals surface area contributed by atoms with Gasteiger partial charge < -0.3 is 20.3 Å². The molecule has 1 rings (SSSR count). The number of aryl methyl sites for hydroxylation is 2. The van der Waals surface area contributed by atoms with Gasteiger partial charge in [0.1, 0.15) is 5.75 Å². The fourth-order valence-corrected chi connectivity index (χ4v) is 2.29. The van der Waals surface area contributed by atoms with Gasteiger partial charge in [-0.25, -0.2) is 0 Å². The Bertz CT molecular complexity index is 450. The quantitative estimate of drug-likeness (QED) is 0.710. The minimum Gasteiger partial charge on any atom is -0.497 e. The van der Waals surface area contributed by atoms with Crippen molar-refractivity contribution in [1.82, 2.24) is 5.32 Å². The molecule has 0 aliphatic rings. The van der Waals surface area contributed by atoms with Crippen LogP contribution in [0.2, 0.25) is 0 Å². The van der Waals surface area contributed by atoms with Gasteiger partial charge in [-0.2, -0.15) is 0 Å². The second kappa shape index (κ2) is 7.26. The van der Waals surface area contributed by atoms with Crippen LogP contribution < -0.4 is 10.1 Å². The van der Waals surface area contributed by atoms with Crippen molar-refractivity contribution in [2.45, 2.75) is 39.3 Å². The van der Waals surface area contributed by atoms with E-state index in [1.165, 1.54) is 0 Å². The molecule has 112 valence electrons. The fourth-order valence-electron chi connectivity index (χ4n) is 2.29. The number of carboxylic acid groups (broad SMARTS) is 1. The highest BCUT2D eigenvalue weighted by Crippen LogP contribution is 2.28. The molecule has 20 heavy (non-hydrogen) atoms. The third-order valence-corrected chi connectivity index (χ3v) is 3.38. The van der Waals surface area contributed by atoms with Gasteiger partial charge in [0.05, 0.1) is 19.6 Å². The average Bonchev–Trinajstić information content (AvgIpc) is 2.36. The molecule has 5 nitrogen and oxygen atoms in total. The van der Waals surface area contributed by atoms with E-state index in [-0.39, 0.29) is 12.5 Å². The van der Waals surface area contributed by atoms with Gasteiger partial charge in [0.15, 0.2) is 0 Å². The predicted molar refractivity (Wildman–Crippen MR) is 77.1 cm³/mol. The Morgan fingerprint density at radius 1 is 1.35 bits per heavy atom. The molecular formula is C15H23NO4. The van der Waals surface area contributed by atoms with Gasteiger partial charge in [0.2, 0.25) is 0 Å². The zero-order valence-corrected chi connectivity index (χ0v) is 12.4. The Balaban J connectivity index is 2.80. The summed E-state index contributed by atoms with van der Waals surface area (Å²) in [6, 6.07) is 3.55. The first-order chi connectivity index (χ1) is 9.36. The van der Waals surface area contributed by atoms with Crippen LogP contribution >= 0.6 is 0 Å². The molecule has 0 aliphatic heterocycles. The van der Waals surface area contributed by atoms with Crippen molar-refractivity contribution in [3.63, 3.8) is 0 Å². The highest BCUT2D eigenvalue weighted by atomic mass is 16.5. The molecule has 0 fully saturated rings. The first-order valence-electron chi connectivity index (χ1n) is 6.65. The lowest BCUT2D eigenvalue weighted by molar-refractivity contribution is -0.136. The summed E-state index contributed by atoms with van der Waals surface area (Å²) in [5.41, 5.74) is 2.78. The summed E-state index contributed by atoms with van der Waals surface area (Å²) in [6.07, 6.45) is -0.646. The van der Waals surface area contributed by atoms with E-state index < -0.39 is 12.1 Å². The number of carboxylic acids is 1. The summed E-state index contributed by atoms with van der Waals surface area (Å²) >= 11 is 0. The average molecular weight is 281 g/mol. The zero-order valence-electron chi connectivity index (χ0n) is 12.4. The van der Waals surface area contributed by atoms with Crippen LogP contribution in [0.5, 0.6) is 5.75 Å². The van der Waals surface area contributed by atoms with Gasteiger partial charge in [-0.05, 0) is 49.6 Å². The van der Waals surface area contributed by atoms with Crippen LogP contribution in [0, 0.1) is 13.8 Å². The van der Waals surface area contributed by atoms with Crippen LogP contribution in [-0.4, -0.2) is 35.9 Å².